The van der Waals surface area contributed by atoms with E-state index in [0.717, 1.165) is 51.4 Å². The second kappa shape index (κ2) is 10.5. The molecule has 1 aromatic heterocycles. The van der Waals surface area contributed by atoms with Gasteiger partial charge < -0.3 is 9.42 Å². The normalized spacial score (nSPS) is 14.7. The lowest BCUT2D eigenvalue weighted by Crippen LogP contribution is -2.47. The van der Waals surface area contributed by atoms with Gasteiger partial charge in [0, 0.05) is 44.0 Å². The fraction of sp³-hybridized carbons (Fsp3) is 0.375. The molecule has 3 aromatic rings. The molecule has 0 N–H and O–H groups in total. The van der Waals surface area contributed by atoms with Crippen LogP contribution < -0.4 is 4.90 Å². The first-order chi connectivity index (χ1) is 16.0. The molecule has 0 saturated carbocycles. The molecular weight excluding hydrogens is 425 g/mol. The molecule has 0 bridgehead atoms. The fourth-order valence-corrected chi connectivity index (χ4v) is 4.15. The topological polar surface area (TPSA) is 78.9 Å². The molecule has 1 fully saturated rings. The molecule has 0 amide bonds. The van der Waals surface area contributed by atoms with Crippen LogP contribution in [0.2, 0.25) is 0 Å². The van der Waals surface area contributed by atoms with E-state index in [4.69, 9.17) is 4.52 Å². The van der Waals surface area contributed by atoms with E-state index < -0.39 is 4.92 Å². The van der Waals surface area contributed by atoms with Gasteiger partial charge in [-0.25, -0.2) is 4.39 Å². The van der Waals surface area contributed by atoms with Gasteiger partial charge in [-0.3, -0.25) is 19.9 Å². The average molecular weight is 454 g/mol. The van der Waals surface area contributed by atoms with Crippen molar-refractivity contribution in [2.45, 2.75) is 13.0 Å². The van der Waals surface area contributed by atoms with Crippen LogP contribution in [0.4, 0.5) is 15.8 Å². The number of aromatic nitrogens is 1. The van der Waals surface area contributed by atoms with Gasteiger partial charge in [-0.15, -0.1) is 0 Å². The molecule has 0 aliphatic carbocycles. The standard InChI is InChI=1S/C24H28FN5O3/c1-27(18-21-17-23(26-33-21)22-5-2-3-6-24(22)30(31)32)11-4-12-28-13-15-29(16-14-28)20-9-7-19(25)8-10-20/h2-3,5-10,17H,4,11-16,18H2,1H3. The van der Waals surface area contributed by atoms with E-state index in [1.54, 1.807) is 24.3 Å². The van der Waals surface area contributed by atoms with E-state index in [0.29, 0.717) is 23.6 Å². The Kier molecular flexibility index (Phi) is 7.31. The Morgan fingerprint density at radius 3 is 2.58 bits per heavy atom. The molecule has 33 heavy (non-hydrogen) atoms. The van der Waals surface area contributed by atoms with Gasteiger partial charge in [0.05, 0.1) is 17.0 Å². The van der Waals surface area contributed by atoms with E-state index in [-0.39, 0.29) is 11.5 Å². The Bertz CT molecular complexity index is 1060. The highest BCUT2D eigenvalue weighted by molar-refractivity contribution is 5.70. The molecule has 1 aliphatic heterocycles. The molecule has 0 unspecified atom stereocenters. The first-order valence-electron chi connectivity index (χ1n) is 11.1. The molecule has 1 aliphatic rings. The van der Waals surface area contributed by atoms with Gasteiger partial charge in [-0.2, -0.15) is 0 Å². The Morgan fingerprint density at radius 1 is 1.12 bits per heavy atom. The van der Waals surface area contributed by atoms with Crippen LogP contribution in [0.25, 0.3) is 11.3 Å². The van der Waals surface area contributed by atoms with Gasteiger partial charge in [-0.05, 0) is 56.9 Å². The van der Waals surface area contributed by atoms with Gasteiger partial charge in [0.2, 0.25) is 0 Å². The van der Waals surface area contributed by atoms with Crippen LogP contribution in [-0.4, -0.2) is 66.2 Å². The number of para-hydroxylation sites is 1. The Labute approximate surface area is 192 Å². The average Bonchev–Trinajstić information content (AvgIpc) is 3.28. The van der Waals surface area contributed by atoms with E-state index in [2.05, 4.69) is 19.9 Å². The van der Waals surface area contributed by atoms with Crippen molar-refractivity contribution in [2.75, 3.05) is 51.2 Å². The van der Waals surface area contributed by atoms with Crippen LogP contribution in [0, 0.1) is 15.9 Å². The van der Waals surface area contributed by atoms with Crippen LogP contribution in [-0.2, 0) is 6.54 Å². The highest BCUT2D eigenvalue weighted by Gasteiger charge is 2.19. The third kappa shape index (κ3) is 5.94. The van der Waals surface area contributed by atoms with Gasteiger partial charge in [0.15, 0.2) is 5.76 Å². The van der Waals surface area contributed by atoms with Crippen molar-refractivity contribution in [3.63, 3.8) is 0 Å². The molecule has 2 heterocycles. The monoisotopic (exact) mass is 453 g/mol. The summed E-state index contributed by atoms with van der Waals surface area (Å²) in [5.74, 6) is 0.475. The van der Waals surface area contributed by atoms with Crippen molar-refractivity contribution in [3.05, 3.63) is 76.3 Å². The molecule has 0 spiro atoms. The second-order valence-electron chi connectivity index (χ2n) is 8.35. The number of nitro groups is 1. The molecule has 1 saturated heterocycles. The third-order valence-corrected chi connectivity index (χ3v) is 5.94. The zero-order valence-corrected chi connectivity index (χ0v) is 18.7. The SMILES string of the molecule is CN(CCCN1CCN(c2ccc(F)cc2)CC1)Cc1cc(-c2ccccc2[N+](=O)[O-])no1. The number of piperazine rings is 1. The first-order valence-corrected chi connectivity index (χ1v) is 11.1. The fourth-order valence-electron chi connectivity index (χ4n) is 4.15. The minimum Gasteiger partial charge on any atom is -0.369 e. The zero-order chi connectivity index (χ0) is 23.2. The van der Waals surface area contributed by atoms with Crippen molar-refractivity contribution in [3.8, 4) is 11.3 Å². The van der Waals surface area contributed by atoms with Crippen molar-refractivity contribution < 1.29 is 13.8 Å². The van der Waals surface area contributed by atoms with Crippen LogP contribution in [0.1, 0.15) is 12.2 Å². The number of nitrogens with zero attached hydrogens (tertiary/aromatic N) is 5. The van der Waals surface area contributed by atoms with Crippen molar-refractivity contribution in [2.24, 2.45) is 0 Å². The van der Waals surface area contributed by atoms with Gasteiger partial charge in [-0.1, -0.05) is 17.3 Å². The number of benzene rings is 2. The third-order valence-electron chi connectivity index (χ3n) is 5.94. The Morgan fingerprint density at radius 2 is 1.85 bits per heavy atom. The molecule has 174 valence electrons. The molecule has 0 radical (unpaired) electrons. The predicted octanol–water partition coefficient (Wildman–Crippen LogP) is 4.03. The summed E-state index contributed by atoms with van der Waals surface area (Å²) in [5.41, 5.74) is 2.03. The lowest BCUT2D eigenvalue weighted by Gasteiger charge is -2.36. The van der Waals surface area contributed by atoms with Crippen LogP contribution in [0.15, 0.2) is 59.1 Å². The minimum atomic E-state index is -0.407. The van der Waals surface area contributed by atoms with Gasteiger partial charge in [0.1, 0.15) is 11.5 Å². The first kappa shape index (κ1) is 22.9. The largest absolute Gasteiger partial charge is 0.369 e. The number of hydrogen-bond donors (Lipinski definition) is 0. The summed E-state index contributed by atoms with van der Waals surface area (Å²) >= 11 is 0. The lowest BCUT2D eigenvalue weighted by atomic mass is 10.1. The summed E-state index contributed by atoms with van der Waals surface area (Å²) in [6.45, 7) is 6.36. The maximum absolute atomic E-state index is 13.1. The summed E-state index contributed by atoms with van der Waals surface area (Å²) in [7, 11) is 2.03. The van der Waals surface area contributed by atoms with E-state index in [9.17, 15) is 14.5 Å². The number of rotatable bonds is 9. The molecule has 4 rings (SSSR count). The smallest absolute Gasteiger partial charge is 0.278 e. The highest BCUT2D eigenvalue weighted by Crippen LogP contribution is 2.29. The lowest BCUT2D eigenvalue weighted by molar-refractivity contribution is -0.384. The van der Waals surface area contributed by atoms with Crippen LogP contribution in [0.5, 0.6) is 0 Å². The molecule has 2 aromatic carbocycles. The maximum atomic E-state index is 13.1. The summed E-state index contributed by atoms with van der Waals surface area (Å²) in [5, 5.41) is 15.3. The summed E-state index contributed by atoms with van der Waals surface area (Å²) in [4.78, 5) is 17.8. The van der Waals surface area contributed by atoms with Crippen molar-refractivity contribution in [1.82, 2.24) is 15.0 Å². The van der Waals surface area contributed by atoms with E-state index in [1.807, 2.05) is 19.2 Å². The van der Waals surface area contributed by atoms with Gasteiger partial charge in [0.25, 0.3) is 5.69 Å². The molecule has 0 atom stereocenters. The number of halogens is 1. The summed E-state index contributed by atoms with van der Waals surface area (Å²) < 4.78 is 18.5. The van der Waals surface area contributed by atoms with E-state index >= 15 is 0 Å². The van der Waals surface area contributed by atoms with Crippen LogP contribution >= 0.6 is 0 Å². The number of hydrogen-bond acceptors (Lipinski definition) is 7. The minimum absolute atomic E-state index is 0.0187. The van der Waals surface area contributed by atoms with Gasteiger partial charge >= 0.3 is 0 Å². The molecule has 9 heteroatoms. The van der Waals surface area contributed by atoms with Crippen molar-refractivity contribution >= 4 is 11.4 Å². The summed E-state index contributed by atoms with van der Waals surface area (Å²) in [6, 6.07) is 15.0. The molecular formula is C24H28FN5O3. The maximum Gasteiger partial charge on any atom is 0.278 e. The Hall–Kier alpha value is -3.30. The summed E-state index contributed by atoms with van der Waals surface area (Å²) in [6.07, 6.45) is 1.03. The number of nitro benzene ring substituents is 1. The van der Waals surface area contributed by atoms with Crippen molar-refractivity contribution in [1.29, 1.82) is 0 Å². The Balaban J connectivity index is 1.21. The zero-order valence-electron chi connectivity index (χ0n) is 18.7. The van der Waals surface area contributed by atoms with Crippen LogP contribution in [0.3, 0.4) is 0 Å². The predicted molar refractivity (Wildman–Crippen MR) is 125 cm³/mol. The van der Waals surface area contributed by atoms with E-state index in [1.165, 1.54) is 18.2 Å². The quantitative estimate of drug-likeness (QED) is 0.357. The second-order valence-corrected chi connectivity index (χ2v) is 8.35. The number of anilines is 1. The molecule has 8 nitrogen and oxygen atoms in total. The highest BCUT2D eigenvalue weighted by atomic mass is 19.1.